The summed E-state index contributed by atoms with van der Waals surface area (Å²) < 4.78 is 4.91. The molecule has 0 aromatic carbocycles. The van der Waals surface area contributed by atoms with Gasteiger partial charge in [-0.1, -0.05) is 19.3 Å². The molecule has 0 aromatic heterocycles. The standard InChI is InChI=1S/C25H40NO3P/c1-19(27)26-21(24(28)29-2)13-10-18-30(20-11-4-3-5-12-20)22-14-6-8-16-25(22)17-9-7-15-23(25)30/h13,20,22-23H,3-12,14-18H2,1-2H3/p+1/b21-13-. The van der Waals surface area contributed by atoms with E-state index in [0.717, 1.165) is 23.4 Å². The van der Waals surface area contributed by atoms with E-state index in [2.05, 4.69) is 5.32 Å². The van der Waals surface area contributed by atoms with Gasteiger partial charge in [0.2, 0.25) is 5.91 Å². The number of amides is 1. The third kappa shape index (κ3) is 3.76. The highest BCUT2D eigenvalue weighted by molar-refractivity contribution is 7.79. The second-order valence-corrected chi connectivity index (χ2v) is 14.8. The molecule has 1 saturated heterocycles. The Morgan fingerprint density at radius 2 is 1.57 bits per heavy atom. The zero-order chi connectivity index (χ0) is 21.2. The molecular weight excluding hydrogens is 393 g/mol. The van der Waals surface area contributed by atoms with Gasteiger partial charge in [0.1, 0.15) is 5.70 Å². The maximum Gasteiger partial charge on any atom is 0.354 e. The van der Waals surface area contributed by atoms with Crippen molar-refractivity contribution in [3.05, 3.63) is 11.8 Å². The molecule has 5 heteroatoms. The molecule has 168 valence electrons. The molecule has 1 aliphatic heterocycles. The molecule has 0 aromatic rings. The zero-order valence-corrected chi connectivity index (χ0v) is 20.0. The zero-order valence-electron chi connectivity index (χ0n) is 19.1. The fraction of sp³-hybridized carbons (Fsp3) is 0.840. The third-order valence-electron chi connectivity index (χ3n) is 9.06. The number of ether oxygens (including phenoxy) is 1. The summed E-state index contributed by atoms with van der Waals surface area (Å²) in [7, 11) is 0.332. The van der Waals surface area contributed by atoms with E-state index < -0.39 is 13.2 Å². The molecule has 4 nitrogen and oxygen atoms in total. The molecule has 4 rings (SSSR count). The maximum absolute atomic E-state index is 12.1. The Kier molecular flexibility index (Phi) is 6.92. The molecule has 1 heterocycles. The summed E-state index contributed by atoms with van der Waals surface area (Å²) in [6, 6.07) is 0. The number of methoxy groups -OCH3 is 1. The molecule has 4 fully saturated rings. The van der Waals surface area contributed by atoms with Crippen LogP contribution in [0, 0.1) is 5.41 Å². The van der Waals surface area contributed by atoms with Crippen LogP contribution in [-0.2, 0) is 14.3 Å². The van der Waals surface area contributed by atoms with E-state index in [9.17, 15) is 9.59 Å². The molecule has 30 heavy (non-hydrogen) atoms. The smallest absolute Gasteiger partial charge is 0.354 e. The van der Waals surface area contributed by atoms with E-state index >= 15 is 0 Å². The van der Waals surface area contributed by atoms with Gasteiger partial charge in [0.15, 0.2) is 0 Å². The second-order valence-electron chi connectivity index (χ2n) is 10.3. The highest BCUT2D eigenvalue weighted by Gasteiger charge is 2.77. The van der Waals surface area contributed by atoms with E-state index in [1.165, 1.54) is 104 Å². The number of nitrogens with one attached hydrogen (secondary N) is 1. The summed E-state index contributed by atoms with van der Waals surface area (Å²) in [5.41, 5.74) is 4.01. The molecule has 1 amide bonds. The summed E-state index contributed by atoms with van der Waals surface area (Å²) in [5.74, 6) is -0.626. The highest BCUT2D eigenvalue weighted by atomic mass is 31.2. The summed E-state index contributed by atoms with van der Waals surface area (Å²) in [4.78, 5) is 23.7. The van der Waals surface area contributed by atoms with Crippen molar-refractivity contribution in [1.29, 1.82) is 0 Å². The first-order valence-electron chi connectivity index (χ1n) is 12.5. The van der Waals surface area contributed by atoms with Crippen LogP contribution in [0.25, 0.3) is 0 Å². The van der Waals surface area contributed by atoms with Crippen LogP contribution in [0.4, 0.5) is 0 Å². The Labute approximate surface area is 183 Å². The number of rotatable bonds is 6. The average Bonchev–Trinajstić information content (AvgIpc) is 2.75. The summed E-state index contributed by atoms with van der Waals surface area (Å²) >= 11 is 0. The number of hydrogen-bond acceptors (Lipinski definition) is 3. The van der Waals surface area contributed by atoms with E-state index in [-0.39, 0.29) is 5.91 Å². The van der Waals surface area contributed by atoms with E-state index in [1.54, 1.807) is 0 Å². The lowest BCUT2D eigenvalue weighted by Gasteiger charge is -2.69. The minimum Gasteiger partial charge on any atom is -0.464 e. The lowest BCUT2D eigenvalue weighted by molar-refractivity contribution is -0.137. The fourth-order valence-corrected chi connectivity index (χ4v) is 16.4. The molecule has 1 N–H and O–H groups in total. The van der Waals surface area contributed by atoms with Gasteiger partial charge in [0, 0.05) is 26.0 Å². The van der Waals surface area contributed by atoms with Crippen molar-refractivity contribution in [2.24, 2.45) is 5.41 Å². The Morgan fingerprint density at radius 3 is 2.13 bits per heavy atom. The van der Waals surface area contributed by atoms with Crippen LogP contribution in [0.2, 0.25) is 0 Å². The minimum atomic E-state index is -1.06. The number of allylic oxidation sites excluding steroid dienone is 1. The lowest BCUT2D eigenvalue weighted by atomic mass is 9.63. The average molecular weight is 435 g/mol. The molecular formula is C25H41NO3P+. The quantitative estimate of drug-likeness (QED) is 0.326. The molecule has 2 unspecified atom stereocenters. The van der Waals surface area contributed by atoms with Crippen LogP contribution < -0.4 is 5.32 Å². The number of carbonyl (C=O) groups is 2. The molecule has 2 atom stereocenters. The van der Waals surface area contributed by atoms with Crippen LogP contribution in [0.3, 0.4) is 0 Å². The topological polar surface area (TPSA) is 55.4 Å². The van der Waals surface area contributed by atoms with E-state index in [1.807, 2.05) is 6.08 Å². The Morgan fingerprint density at radius 1 is 0.967 bits per heavy atom. The summed E-state index contributed by atoms with van der Waals surface area (Å²) in [6.45, 7) is 1.46. The van der Waals surface area contributed by atoms with Crippen molar-refractivity contribution in [2.45, 2.75) is 114 Å². The van der Waals surface area contributed by atoms with Crippen LogP contribution in [0.1, 0.15) is 96.8 Å². The van der Waals surface area contributed by atoms with E-state index in [4.69, 9.17) is 4.74 Å². The van der Waals surface area contributed by atoms with Crippen molar-refractivity contribution in [2.75, 3.05) is 13.3 Å². The van der Waals surface area contributed by atoms with Crippen LogP contribution >= 0.6 is 7.26 Å². The van der Waals surface area contributed by atoms with Gasteiger partial charge in [0.05, 0.1) is 30.2 Å². The first kappa shape index (κ1) is 22.3. The van der Waals surface area contributed by atoms with Gasteiger partial charge in [-0.05, 0) is 70.3 Å². The van der Waals surface area contributed by atoms with Gasteiger partial charge in [-0.3, -0.25) is 4.79 Å². The van der Waals surface area contributed by atoms with Gasteiger partial charge in [0.25, 0.3) is 0 Å². The minimum absolute atomic E-state index is 0.203. The van der Waals surface area contributed by atoms with Crippen LogP contribution in [-0.4, -0.2) is 42.1 Å². The SMILES string of the molecule is COC(=O)/C(=C/CC[P+]1(C2CCCCC2)C2CCCCC23CCCCC31)NC(C)=O. The normalized spacial score (nSPS) is 36.8. The van der Waals surface area contributed by atoms with Gasteiger partial charge in [-0.25, -0.2) is 4.79 Å². The second kappa shape index (κ2) is 9.31. The lowest BCUT2D eigenvalue weighted by Crippen LogP contribution is -2.64. The van der Waals surface area contributed by atoms with Crippen molar-refractivity contribution < 1.29 is 14.3 Å². The van der Waals surface area contributed by atoms with Gasteiger partial charge in [-0.2, -0.15) is 0 Å². The van der Waals surface area contributed by atoms with E-state index in [0.29, 0.717) is 11.1 Å². The largest absolute Gasteiger partial charge is 0.464 e. The number of esters is 1. The van der Waals surface area contributed by atoms with Crippen LogP contribution in [0.5, 0.6) is 0 Å². The third-order valence-corrected chi connectivity index (χ3v) is 15.8. The Hall–Kier alpha value is -0.890. The Bertz CT molecular complexity index is 660. The maximum atomic E-state index is 12.1. The predicted molar refractivity (Wildman–Crippen MR) is 124 cm³/mol. The summed E-state index contributed by atoms with van der Waals surface area (Å²) in [5, 5.41) is 2.70. The van der Waals surface area contributed by atoms with Crippen molar-refractivity contribution in [3.63, 3.8) is 0 Å². The number of carbonyl (C=O) groups excluding carboxylic acids is 2. The molecule has 4 aliphatic rings. The Balaban J connectivity index is 1.60. The monoisotopic (exact) mass is 434 g/mol. The summed E-state index contributed by atoms with van der Waals surface area (Å²) in [6.07, 6.45) is 23.1. The molecule has 0 bridgehead atoms. The van der Waals surface area contributed by atoms with Gasteiger partial charge >= 0.3 is 5.97 Å². The molecule has 3 saturated carbocycles. The predicted octanol–water partition coefficient (Wildman–Crippen LogP) is 5.81. The van der Waals surface area contributed by atoms with Crippen molar-refractivity contribution in [1.82, 2.24) is 5.32 Å². The molecule has 3 aliphatic carbocycles. The number of hydrogen-bond donors (Lipinski definition) is 1. The fourth-order valence-electron chi connectivity index (χ4n) is 8.23. The van der Waals surface area contributed by atoms with Crippen molar-refractivity contribution in [3.8, 4) is 0 Å². The first-order chi connectivity index (χ1) is 14.5. The van der Waals surface area contributed by atoms with Gasteiger partial charge < -0.3 is 10.1 Å². The van der Waals surface area contributed by atoms with Crippen molar-refractivity contribution >= 4 is 19.1 Å². The van der Waals surface area contributed by atoms with Gasteiger partial charge in [-0.15, -0.1) is 0 Å². The first-order valence-corrected chi connectivity index (χ1v) is 14.7. The van der Waals surface area contributed by atoms with Crippen LogP contribution in [0.15, 0.2) is 11.8 Å². The molecule has 0 radical (unpaired) electrons. The highest BCUT2D eigenvalue weighted by Crippen LogP contribution is 2.91. The molecule has 1 spiro atoms.